The van der Waals surface area contributed by atoms with Gasteiger partial charge in [0.15, 0.2) is 0 Å². The molecule has 0 aliphatic carbocycles. The van der Waals surface area contributed by atoms with Crippen LogP contribution in [-0.4, -0.2) is 11.8 Å². The lowest BCUT2D eigenvalue weighted by Gasteiger charge is -2.17. The summed E-state index contributed by atoms with van der Waals surface area (Å²) in [6.07, 6.45) is 0. The Bertz CT molecular complexity index is 1050. The largest absolute Gasteiger partial charge is 0.341 e. The van der Waals surface area contributed by atoms with Gasteiger partial charge in [0.1, 0.15) is 5.82 Å². The molecule has 0 aromatic heterocycles. The van der Waals surface area contributed by atoms with Crippen molar-refractivity contribution in [3.8, 4) is 0 Å². The van der Waals surface area contributed by atoms with Crippen LogP contribution in [0.4, 0.5) is 10.1 Å². The quantitative estimate of drug-likeness (QED) is 0.699. The maximum absolute atomic E-state index is 13.8. The molecule has 2 amide bonds. The Morgan fingerprint density at radius 1 is 1.04 bits per heavy atom. The maximum Gasteiger partial charge on any atom is 0.256 e. The number of carbonyl (C=O) groups excluding carboxylic acids is 2. The van der Waals surface area contributed by atoms with Crippen LogP contribution in [0.25, 0.3) is 0 Å². The van der Waals surface area contributed by atoms with Gasteiger partial charge in [-0.15, -0.1) is 0 Å². The topological polar surface area (TPSA) is 58.2 Å². The molecule has 134 valence electrons. The van der Waals surface area contributed by atoms with Crippen LogP contribution >= 0.6 is 11.6 Å². The van der Waals surface area contributed by atoms with Gasteiger partial charge in [-0.3, -0.25) is 9.59 Å². The molecule has 3 aromatic carbocycles. The highest BCUT2D eigenvalue weighted by Crippen LogP contribution is 2.37. The van der Waals surface area contributed by atoms with Crippen LogP contribution in [-0.2, 0) is 0 Å². The second kappa shape index (κ2) is 6.85. The number of anilines is 1. The Morgan fingerprint density at radius 2 is 1.81 bits per heavy atom. The molecule has 6 heteroatoms. The molecule has 1 heterocycles. The lowest BCUT2D eigenvalue weighted by molar-refractivity contribution is 0.0959. The smallest absolute Gasteiger partial charge is 0.256 e. The van der Waals surface area contributed by atoms with Gasteiger partial charge in [0.05, 0.1) is 6.04 Å². The number of rotatable bonds is 3. The summed E-state index contributed by atoms with van der Waals surface area (Å²) in [5.41, 5.74) is 2.24. The normalized spacial score (nSPS) is 15.2. The maximum atomic E-state index is 13.8. The number of carbonyl (C=O) groups is 2. The highest BCUT2D eigenvalue weighted by molar-refractivity contribution is 6.31. The third kappa shape index (κ3) is 3.17. The summed E-state index contributed by atoms with van der Waals surface area (Å²) in [5, 5.41) is 5.92. The Kier molecular flexibility index (Phi) is 4.38. The van der Waals surface area contributed by atoms with Crippen molar-refractivity contribution in [2.75, 3.05) is 5.32 Å². The fourth-order valence-corrected chi connectivity index (χ4v) is 3.47. The molecule has 4 nitrogen and oxygen atoms in total. The Morgan fingerprint density at radius 3 is 2.59 bits per heavy atom. The van der Waals surface area contributed by atoms with E-state index in [0.29, 0.717) is 33.0 Å². The minimum absolute atomic E-state index is 0.313. The monoisotopic (exact) mass is 380 g/mol. The molecule has 0 saturated heterocycles. The van der Waals surface area contributed by atoms with E-state index >= 15 is 0 Å². The lowest BCUT2D eigenvalue weighted by atomic mass is 9.93. The van der Waals surface area contributed by atoms with Crippen LogP contribution in [0.5, 0.6) is 0 Å². The summed E-state index contributed by atoms with van der Waals surface area (Å²) in [5.74, 6) is -1.15. The van der Waals surface area contributed by atoms with Crippen LogP contribution in [0, 0.1) is 5.82 Å². The SMILES string of the molecule is O=C(Nc1ccccc1)c1cccc2c1C(c1cc(F)ccc1Cl)NC2=O. The molecule has 1 unspecified atom stereocenters. The van der Waals surface area contributed by atoms with E-state index in [2.05, 4.69) is 10.6 Å². The Hall–Kier alpha value is -3.18. The van der Waals surface area contributed by atoms with Crippen molar-refractivity contribution in [3.05, 3.63) is 99.8 Å². The predicted molar refractivity (Wildman–Crippen MR) is 102 cm³/mol. The molecule has 0 fully saturated rings. The summed E-state index contributed by atoms with van der Waals surface area (Å²) in [4.78, 5) is 25.3. The number of hydrogen-bond donors (Lipinski definition) is 2. The summed E-state index contributed by atoms with van der Waals surface area (Å²) >= 11 is 6.23. The molecule has 0 spiro atoms. The van der Waals surface area contributed by atoms with Crippen molar-refractivity contribution in [2.45, 2.75) is 6.04 Å². The van der Waals surface area contributed by atoms with Gasteiger partial charge in [-0.2, -0.15) is 0 Å². The zero-order valence-corrected chi connectivity index (χ0v) is 14.8. The third-order valence-electron chi connectivity index (χ3n) is 4.46. The van der Waals surface area contributed by atoms with E-state index in [-0.39, 0.29) is 11.8 Å². The van der Waals surface area contributed by atoms with E-state index in [1.54, 1.807) is 30.3 Å². The fraction of sp³-hybridized carbons (Fsp3) is 0.0476. The van der Waals surface area contributed by atoms with Crippen LogP contribution in [0.1, 0.15) is 37.9 Å². The number of hydrogen-bond acceptors (Lipinski definition) is 2. The van der Waals surface area contributed by atoms with Gasteiger partial charge in [0.2, 0.25) is 0 Å². The molecular formula is C21H14ClFN2O2. The Labute approximate surface area is 160 Å². The molecular weight excluding hydrogens is 367 g/mol. The van der Waals surface area contributed by atoms with Gasteiger partial charge in [0, 0.05) is 33.0 Å². The predicted octanol–water partition coefficient (Wildman–Crippen LogP) is 4.56. The van der Waals surface area contributed by atoms with Crippen molar-refractivity contribution in [3.63, 3.8) is 0 Å². The van der Waals surface area contributed by atoms with Gasteiger partial charge in [-0.05, 0) is 42.5 Å². The molecule has 3 aromatic rings. The molecule has 0 saturated carbocycles. The van der Waals surface area contributed by atoms with Crippen molar-refractivity contribution in [1.82, 2.24) is 5.32 Å². The number of amides is 2. The molecule has 1 aliphatic rings. The highest BCUT2D eigenvalue weighted by Gasteiger charge is 2.34. The van der Waals surface area contributed by atoms with Crippen molar-refractivity contribution < 1.29 is 14.0 Å². The number of nitrogens with one attached hydrogen (secondary N) is 2. The lowest BCUT2D eigenvalue weighted by Crippen LogP contribution is -2.21. The summed E-state index contributed by atoms with van der Waals surface area (Å²) in [6, 6.07) is 17.2. The van der Waals surface area contributed by atoms with Crippen LogP contribution in [0.15, 0.2) is 66.7 Å². The average molecular weight is 381 g/mol. The molecule has 1 aliphatic heterocycles. The van der Waals surface area contributed by atoms with Crippen molar-refractivity contribution in [1.29, 1.82) is 0 Å². The first-order valence-electron chi connectivity index (χ1n) is 8.29. The molecule has 4 rings (SSSR count). The van der Waals surface area contributed by atoms with E-state index in [1.807, 2.05) is 18.2 Å². The molecule has 0 bridgehead atoms. The zero-order valence-electron chi connectivity index (χ0n) is 14.0. The van der Waals surface area contributed by atoms with E-state index in [0.717, 1.165) is 0 Å². The van der Waals surface area contributed by atoms with Gasteiger partial charge < -0.3 is 10.6 Å². The van der Waals surface area contributed by atoms with E-state index in [9.17, 15) is 14.0 Å². The third-order valence-corrected chi connectivity index (χ3v) is 4.80. The first-order valence-corrected chi connectivity index (χ1v) is 8.67. The first-order chi connectivity index (χ1) is 13.0. The second-order valence-electron chi connectivity index (χ2n) is 6.16. The Balaban J connectivity index is 1.79. The van der Waals surface area contributed by atoms with Crippen LogP contribution in [0.3, 0.4) is 0 Å². The van der Waals surface area contributed by atoms with Crippen LogP contribution in [0.2, 0.25) is 5.02 Å². The minimum Gasteiger partial charge on any atom is -0.341 e. The van der Waals surface area contributed by atoms with Crippen molar-refractivity contribution in [2.24, 2.45) is 0 Å². The summed E-state index contributed by atoms with van der Waals surface area (Å²) < 4.78 is 13.8. The zero-order chi connectivity index (χ0) is 19.0. The number of benzene rings is 3. The fourth-order valence-electron chi connectivity index (χ4n) is 3.24. The number of halogens is 2. The van der Waals surface area contributed by atoms with Gasteiger partial charge in [-0.25, -0.2) is 4.39 Å². The average Bonchev–Trinajstić information content (AvgIpc) is 3.01. The molecule has 0 radical (unpaired) electrons. The first kappa shape index (κ1) is 17.2. The van der Waals surface area contributed by atoms with Gasteiger partial charge in [-0.1, -0.05) is 35.9 Å². The van der Waals surface area contributed by atoms with Gasteiger partial charge >= 0.3 is 0 Å². The molecule has 2 N–H and O–H groups in total. The second-order valence-corrected chi connectivity index (χ2v) is 6.57. The van der Waals surface area contributed by atoms with Gasteiger partial charge in [0.25, 0.3) is 11.8 Å². The van der Waals surface area contributed by atoms with E-state index < -0.39 is 11.9 Å². The van der Waals surface area contributed by atoms with E-state index in [4.69, 9.17) is 11.6 Å². The molecule has 1 atom stereocenters. The molecule has 27 heavy (non-hydrogen) atoms. The minimum atomic E-state index is -0.701. The number of para-hydroxylation sites is 1. The van der Waals surface area contributed by atoms with E-state index in [1.165, 1.54) is 18.2 Å². The standard InChI is InChI=1S/C21H14ClFN2O2/c22-17-10-9-12(23)11-16(17)19-18-14(7-4-8-15(18)21(27)25-19)20(26)24-13-5-2-1-3-6-13/h1-11,19H,(H,24,26)(H,25,27). The number of fused-ring (bicyclic) bond motifs is 1. The van der Waals surface area contributed by atoms with Crippen molar-refractivity contribution >= 4 is 29.1 Å². The van der Waals surface area contributed by atoms with Crippen LogP contribution < -0.4 is 10.6 Å². The highest BCUT2D eigenvalue weighted by atomic mass is 35.5. The summed E-state index contributed by atoms with van der Waals surface area (Å²) in [6.45, 7) is 0. The summed E-state index contributed by atoms with van der Waals surface area (Å²) in [7, 11) is 0.